The summed E-state index contributed by atoms with van der Waals surface area (Å²) in [6.07, 6.45) is 0.793. The summed E-state index contributed by atoms with van der Waals surface area (Å²) in [6, 6.07) is 3.10. The molecule has 1 aromatic heterocycles. The Labute approximate surface area is 83.9 Å². The van der Waals surface area contributed by atoms with Gasteiger partial charge in [0.1, 0.15) is 6.10 Å². The first-order valence-corrected chi connectivity index (χ1v) is 4.67. The van der Waals surface area contributed by atoms with E-state index in [1.807, 2.05) is 13.8 Å². The number of hydrogen-bond acceptors (Lipinski definition) is 4. The second-order valence-corrected chi connectivity index (χ2v) is 3.78. The van der Waals surface area contributed by atoms with Gasteiger partial charge in [0.25, 0.3) is 0 Å². The second kappa shape index (κ2) is 4.39. The molecule has 0 unspecified atom stereocenters. The molecule has 0 aliphatic carbocycles. The van der Waals surface area contributed by atoms with Crippen molar-refractivity contribution >= 4 is 5.69 Å². The summed E-state index contributed by atoms with van der Waals surface area (Å²) in [4.78, 5) is 4.03. The highest BCUT2D eigenvalue weighted by atomic mass is 16.3. The maximum atomic E-state index is 9.82. The third kappa shape index (κ3) is 2.43. The van der Waals surface area contributed by atoms with Crippen LogP contribution in [0.4, 0.5) is 5.69 Å². The Hall–Kier alpha value is -1.13. The number of aromatic nitrogens is 1. The van der Waals surface area contributed by atoms with Gasteiger partial charge in [0.05, 0.1) is 17.6 Å². The van der Waals surface area contributed by atoms with Gasteiger partial charge < -0.3 is 16.6 Å². The maximum Gasteiger partial charge on any atom is 0.111 e. The van der Waals surface area contributed by atoms with Crippen LogP contribution in [0.5, 0.6) is 0 Å². The number of hydrogen-bond donors (Lipinski definition) is 3. The molecular formula is C10H17N3O. The molecule has 0 amide bonds. The van der Waals surface area contributed by atoms with Crippen molar-refractivity contribution in [2.75, 3.05) is 5.73 Å². The predicted molar refractivity (Wildman–Crippen MR) is 56.4 cm³/mol. The quantitative estimate of drug-likeness (QED) is 0.662. The molecule has 0 saturated heterocycles. The molecule has 1 rings (SSSR count). The van der Waals surface area contributed by atoms with E-state index in [1.54, 1.807) is 12.1 Å². The van der Waals surface area contributed by atoms with Gasteiger partial charge in [-0.2, -0.15) is 0 Å². The molecular weight excluding hydrogens is 178 g/mol. The lowest BCUT2D eigenvalue weighted by atomic mass is 9.97. The smallest absolute Gasteiger partial charge is 0.111 e. The molecule has 0 aliphatic heterocycles. The van der Waals surface area contributed by atoms with E-state index in [2.05, 4.69) is 4.98 Å². The van der Waals surface area contributed by atoms with Crippen LogP contribution in [0.2, 0.25) is 0 Å². The average Bonchev–Trinajstić information content (AvgIpc) is 2.16. The molecule has 4 heteroatoms. The van der Waals surface area contributed by atoms with Crippen molar-refractivity contribution < 1.29 is 5.11 Å². The largest absolute Gasteiger partial charge is 0.397 e. The van der Waals surface area contributed by atoms with Crippen molar-refractivity contribution in [3.63, 3.8) is 0 Å². The first-order valence-electron chi connectivity index (χ1n) is 4.67. The van der Waals surface area contributed by atoms with Crippen LogP contribution in [0.3, 0.4) is 0 Å². The number of anilines is 1. The Morgan fingerprint density at radius 3 is 2.43 bits per heavy atom. The van der Waals surface area contributed by atoms with Crippen LogP contribution in [0.15, 0.2) is 18.3 Å². The molecule has 0 bridgehead atoms. The van der Waals surface area contributed by atoms with Crippen LogP contribution in [0.1, 0.15) is 25.6 Å². The highest BCUT2D eigenvalue weighted by Crippen LogP contribution is 2.18. The molecule has 0 radical (unpaired) electrons. The van der Waals surface area contributed by atoms with Gasteiger partial charge >= 0.3 is 0 Å². The summed E-state index contributed by atoms with van der Waals surface area (Å²) in [6.45, 7) is 3.93. The molecule has 0 spiro atoms. The summed E-state index contributed by atoms with van der Waals surface area (Å²) in [5, 5.41) is 9.82. The second-order valence-electron chi connectivity index (χ2n) is 3.78. The normalized spacial score (nSPS) is 15.5. The van der Waals surface area contributed by atoms with E-state index in [0.29, 0.717) is 11.4 Å². The maximum absolute atomic E-state index is 9.82. The number of aliphatic hydroxyl groups is 1. The molecule has 4 nitrogen and oxygen atoms in total. The van der Waals surface area contributed by atoms with Crippen molar-refractivity contribution in [1.29, 1.82) is 0 Å². The molecule has 1 aromatic rings. The molecule has 0 aliphatic rings. The Kier molecular flexibility index (Phi) is 3.43. The lowest BCUT2D eigenvalue weighted by molar-refractivity contribution is 0.121. The van der Waals surface area contributed by atoms with Crippen molar-refractivity contribution in [3.8, 4) is 0 Å². The number of nitrogen functional groups attached to an aromatic ring is 1. The number of rotatable bonds is 3. The molecule has 14 heavy (non-hydrogen) atoms. The minimum atomic E-state index is -0.726. The monoisotopic (exact) mass is 195 g/mol. The van der Waals surface area contributed by atoms with Gasteiger partial charge in [-0.3, -0.25) is 4.98 Å². The molecule has 78 valence electrons. The van der Waals surface area contributed by atoms with Gasteiger partial charge in [0, 0.05) is 6.04 Å². The van der Waals surface area contributed by atoms with E-state index in [4.69, 9.17) is 11.5 Å². The molecule has 2 atom stereocenters. The van der Waals surface area contributed by atoms with Crippen molar-refractivity contribution in [2.24, 2.45) is 11.7 Å². The van der Waals surface area contributed by atoms with E-state index < -0.39 is 6.10 Å². The standard InChI is InChI=1S/C10H17N3O/c1-6(2)9(12)10(14)8-4-3-7(11)5-13-8/h3-6,9-10,14H,11-12H2,1-2H3/t9-,10-/m1/s1. The van der Waals surface area contributed by atoms with E-state index in [9.17, 15) is 5.11 Å². The fourth-order valence-corrected chi connectivity index (χ4v) is 1.15. The van der Waals surface area contributed by atoms with Gasteiger partial charge in [-0.15, -0.1) is 0 Å². The van der Waals surface area contributed by atoms with E-state index >= 15 is 0 Å². The van der Waals surface area contributed by atoms with Crippen LogP contribution in [0, 0.1) is 5.92 Å². The third-order valence-corrected chi connectivity index (χ3v) is 2.25. The highest BCUT2D eigenvalue weighted by Gasteiger charge is 2.20. The number of nitrogens with zero attached hydrogens (tertiary/aromatic N) is 1. The minimum absolute atomic E-state index is 0.212. The Bertz CT molecular complexity index is 284. The number of pyridine rings is 1. The zero-order valence-electron chi connectivity index (χ0n) is 8.51. The summed E-state index contributed by atoms with van der Waals surface area (Å²) in [5.74, 6) is 0.212. The lowest BCUT2D eigenvalue weighted by Gasteiger charge is -2.21. The van der Waals surface area contributed by atoms with Crippen LogP contribution in [-0.2, 0) is 0 Å². The summed E-state index contributed by atoms with van der Waals surface area (Å²) >= 11 is 0. The zero-order chi connectivity index (χ0) is 10.7. The highest BCUT2D eigenvalue weighted by molar-refractivity contribution is 5.35. The van der Waals surface area contributed by atoms with Crippen LogP contribution >= 0.6 is 0 Å². The van der Waals surface area contributed by atoms with Gasteiger partial charge in [-0.25, -0.2) is 0 Å². The van der Waals surface area contributed by atoms with Crippen molar-refractivity contribution in [1.82, 2.24) is 4.98 Å². The van der Waals surface area contributed by atoms with Crippen molar-refractivity contribution in [3.05, 3.63) is 24.0 Å². The average molecular weight is 195 g/mol. The summed E-state index contributed by atoms with van der Waals surface area (Å²) in [5.41, 5.74) is 12.4. The van der Waals surface area contributed by atoms with E-state index in [0.717, 1.165) is 0 Å². The van der Waals surface area contributed by atoms with Crippen LogP contribution in [0.25, 0.3) is 0 Å². The van der Waals surface area contributed by atoms with Crippen LogP contribution < -0.4 is 11.5 Å². The molecule has 0 fully saturated rings. The third-order valence-electron chi connectivity index (χ3n) is 2.25. The van der Waals surface area contributed by atoms with Gasteiger partial charge in [0.15, 0.2) is 0 Å². The first kappa shape index (κ1) is 10.9. The van der Waals surface area contributed by atoms with Gasteiger partial charge in [-0.1, -0.05) is 13.8 Å². The molecule has 0 saturated carbocycles. The Balaban J connectivity index is 2.78. The van der Waals surface area contributed by atoms with Gasteiger partial charge in [-0.05, 0) is 18.1 Å². The van der Waals surface area contributed by atoms with E-state index in [-0.39, 0.29) is 12.0 Å². The molecule has 5 N–H and O–H groups in total. The fraction of sp³-hybridized carbons (Fsp3) is 0.500. The Morgan fingerprint density at radius 2 is 2.00 bits per heavy atom. The first-order chi connectivity index (χ1) is 6.52. The summed E-state index contributed by atoms with van der Waals surface area (Å²) in [7, 11) is 0. The zero-order valence-corrected chi connectivity index (χ0v) is 8.51. The number of nitrogens with two attached hydrogens (primary N) is 2. The lowest BCUT2D eigenvalue weighted by Crippen LogP contribution is -2.33. The topological polar surface area (TPSA) is 85.2 Å². The molecule has 0 aromatic carbocycles. The van der Waals surface area contributed by atoms with Crippen LogP contribution in [-0.4, -0.2) is 16.1 Å². The molecule has 1 heterocycles. The number of aliphatic hydroxyl groups excluding tert-OH is 1. The van der Waals surface area contributed by atoms with Crippen molar-refractivity contribution in [2.45, 2.75) is 26.0 Å². The van der Waals surface area contributed by atoms with E-state index in [1.165, 1.54) is 6.20 Å². The fourth-order valence-electron chi connectivity index (χ4n) is 1.15. The van der Waals surface area contributed by atoms with Gasteiger partial charge in [0.2, 0.25) is 0 Å². The minimum Gasteiger partial charge on any atom is -0.397 e. The predicted octanol–water partition coefficient (Wildman–Crippen LogP) is 0.680. The SMILES string of the molecule is CC(C)[C@@H](N)[C@H](O)c1ccc(N)cn1. The summed E-state index contributed by atoms with van der Waals surface area (Å²) < 4.78 is 0. The Morgan fingerprint density at radius 1 is 1.36 bits per heavy atom.